The minimum absolute atomic E-state index is 0.213. The van der Waals surface area contributed by atoms with Gasteiger partial charge < -0.3 is 10.2 Å². The van der Waals surface area contributed by atoms with Gasteiger partial charge in [-0.2, -0.15) is 11.8 Å². The van der Waals surface area contributed by atoms with Crippen LogP contribution in [-0.4, -0.2) is 59.0 Å². The summed E-state index contributed by atoms with van der Waals surface area (Å²) in [5.74, 6) is 3.75. The minimum Gasteiger partial charge on any atom is -0.339 e. The van der Waals surface area contributed by atoms with Gasteiger partial charge in [0.05, 0.1) is 5.25 Å². The summed E-state index contributed by atoms with van der Waals surface area (Å²) in [4.78, 5) is 14.8. The van der Waals surface area contributed by atoms with Crippen molar-refractivity contribution in [1.29, 1.82) is 0 Å². The fourth-order valence-electron chi connectivity index (χ4n) is 2.65. The Hall–Kier alpha value is 0.130. The third kappa shape index (κ3) is 3.81. The quantitative estimate of drug-likeness (QED) is 0.855. The highest BCUT2D eigenvalue weighted by atomic mass is 32.2. The standard InChI is InChI=1S/C13H24N2OS2/c1-2-7-15(11-3-5-14-6-4-11)13(16)12-10-17-8-9-18-12/h11-12,14H,2-10H2,1H3. The van der Waals surface area contributed by atoms with Gasteiger partial charge in [-0.1, -0.05) is 6.92 Å². The molecule has 0 aliphatic carbocycles. The molecule has 1 N–H and O–H groups in total. The number of hydrogen-bond donors (Lipinski definition) is 1. The highest BCUT2D eigenvalue weighted by Crippen LogP contribution is 2.27. The maximum Gasteiger partial charge on any atom is 0.236 e. The van der Waals surface area contributed by atoms with Gasteiger partial charge in [-0.15, -0.1) is 11.8 Å². The monoisotopic (exact) mass is 288 g/mol. The number of carbonyl (C=O) groups is 1. The molecule has 2 heterocycles. The number of piperidine rings is 1. The largest absolute Gasteiger partial charge is 0.339 e. The summed E-state index contributed by atoms with van der Waals surface area (Å²) in [5.41, 5.74) is 0. The Kier molecular flexibility index (Phi) is 6.18. The molecule has 0 spiro atoms. The molecule has 1 amide bonds. The molecule has 0 saturated carbocycles. The Morgan fingerprint density at radius 3 is 2.72 bits per heavy atom. The van der Waals surface area contributed by atoms with Crippen molar-refractivity contribution >= 4 is 29.4 Å². The maximum atomic E-state index is 12.7. The third-order valence-corrected chi connectivity index (χ3v) is 6.33. The predicted molar refractivity (Wildman–Crippen MR) is 81.5 cm³/mol. The average molecular weight is 288 g/mol. The molecule has 2 aliphatic rings. The van der Waals surface area contributed by atoms with Gasteiger partial charge in [0.15, 0.2) is 0 Å². The molecule has 1 unspecified atom stereocenters. The summed E-state index contributed by atoms with van der Waals surface area (Å²) in [6.45, 7) is 5.23. The molecule has 5 heteroatoms. The van der Waals surface area contributed by atoms with Crippen LogP contribution in [-0.2, 0) is 4.79 Å². The van der Waals surface area contributed by atoms with E-state index in [1.54, 1.807) is 0 Å². The second-order valence-electron chi connectivity index (χ2n) is 4.95. The molecular weight excluding hydrogens is 264 g/mol. The van der Waals surface area contributed by atoms with Crippen molar-refractivity contribution in [2.75, 3.05) is 36.9 Å². The molecule has 0 aromatic carbocycles. The van der Waals surface area contributed by atoms with Crippen LogP contribution >= 0.6 is 23.5 Å². The van der Waals surface area contributed by atoms with E-state index in [-0.39, 0.29) is 5.25 Å². The maximum absolute atomic E-state index is 12.7. The van der Waals surface area contributed by atoms with Crippen molar-refractivity contribution < 1.29 is 4.79 Å². The first-order chi connectivity index (χ1) is 8.83. The van der Waals surface area contributed by atoms with Crippen LogP contribution in [0.3, 0.4) is 0 Å². The first kappa shape index (κ1) is 14.5. The molecule has 104 valence electrons. The van der Waals surface area contributed by atoms with Crippen LogP contribution in [0.15, 0.2) is 0 Å². The van der Waals surface area contributed by atoms with Crippen molar-refractivity contribution in [2.24, 2.45) is 0 Å². The Balaban J connectivity index is 1.96. The molecule has 2 aliphatic heterocycles. The Morgan fingerprint density at radius 1 is 1.33 bits per heavy atom. The zero-order valence-corrected chi connectivity index (χ0v) is 12.8. The number of carbonyl (C=O) groups excluding carboxylic acids is 1. The van der Waals surface area contributed by atoms with Crippen LogP contribution in [0.1, 0.15) is 26.2 Å². The number of nitrogens with one attached hydrogen (secondary N) is 1. The van der Waals surface area contributed by atoms with E-state index in [2.05, 4.69) is 17.1 Å². The van der Waals surface area contributed by atoms with Gasteiger partial charge in [0, 0.05) is 29.8 Å². The zero-order valence-electron chi connectivity index (χ0n) is 11.2. The summed E-state index contributed by atoms with van der Waals surface area (Å²) < 4.78 is 0. The highest BCUT2D eigenvalue weighted by Gasteiger charge is 2.31. The van der Waals surface area contributed by atoms with E-state index in [0.29, 0.717) is 11.9 Å². The van der Waals surface area contributed by atoms with Crippen molar-refractivity contribution in [3.05, 3.63) is 0 Å². The van der Waals surface area contributed by atoms with Gasteiger partial charge in [-0.3, -0.25) is 4.79 Å². The highest BCUT2D eigenvalue weighted by molar-refractivity contribution is 8.07. The molecule has 1 atom stereocenters. The Labute approximate surface area is 119 Å². The smallest absolute Gasteiger partial charge is 0.236 e. The summed E-state index contributed by atoms with van der Waals surface area (Å²) in [5, 5.41) is 3.60. The summed E-state index contributed by atoms with van der Waals surface area (Å²) >= 11 is 3.79. The zero-order chi connectivity index (χ0) is 12.8. The van der Waals surface area contributed by atoms with Gasteiger partial charge in [0.1, 0.15) is 0 Å². The van der Waals surface area contributed by atoms with Crippen LogP contribution in [0.25, 0.3) is 0 Å². The normalized spacial score (nSPS) is 25.9. The average Bonchev–Trinajstić information content (AvgIpc) is 2.46. The van der Waals surface area contributed by atoms with E-state index < -0.39 is 0 Å². The topological polar surface area (TPSA) is 32.3 Å². The number of thioether (sulfide) groups is 2. The molecule has 0 aromatic rings. The van der Waals surface area contributed by atoms with Crippen molar-refractivity contribution in [2.45, 2.75) is 37.5 Å². The molecule has 0 aromatic heterocycles. The number of hydrogen-bond acceptors (Lipinski definition) is 4. The van der Waals surface area contributed by atoms with E-state index in [0.717, 1.165) is 50.4 Å². The van der Waals surface area contributed by atoms with E-state index >= 15 is 0 Å². The lowest BCUT2D eigenvalue weighted by Crippen LogP contribution is -2.50. The SMILES string of the molecule is CCCN(C(=O)C1CSCCS1)C1CCNCC1. The van der Waals surface area contributed by atoms with Gasteiger partial charge in [-0.25, -0.2) is 0 Å². The summed E-state index contributed by atoms with van der Waals surface area (Å²) in [6.07, 6.45) is 3.31. The van der Waals surface area contributed by atoms with Crippen LogP contribution in [0.4, 0.5) is 0 Å². The van der Waals surface area contributed by atoms with E-state index in [1.807, 2.05) is 23.5 Å². The van der Waals surface area contributed by atoms with Gasteiger partial charge in [0.2, 0.25) is 5.91 Å². The van der Waals surface area contributed by atoms with Crippen molar-refractivity contribution in [3.8, 4) is 0 Å². The van der Waals surface area contributed by atoms with Gasteiger partial charge >= 0.3 is 0 Å². The van der Waals surface area contributed by atoms with Crippen molar-refractivity contribution in [3.63, 3.8) is 0 Å². The van der Waals surface area contributed by atoms with Gasteiger partial charge in [0.25, 0.3) is 0 Å². The molecule has 0 radical (unpaired) electrons. The predicted octanol–water partition coefficient (Wildman–Crippen LogP) is 1.83. The fourth-order valence-corrected chi connectivity index (χ4v) is 5.26. The van der Waals surface area contributed by atoms with Crippen LogP contribution < -0.4 is 5.32 Å². The second kappa shape index (κ2) is 7.65. The lowest BCUT2D eigenvalue weighted by Gasteiger charge is -2.37. The Morgan fingerprint density at radius 2 is 2.11 bits per heavy atom. The summed E-state index contributed by atoms with van der Waals surface area (Å²) in [6, 6.07) is 0.478. The molecule has 0 bridgehead atoms. The van der Waals surface area contributed by atoms with Crippen LogP contribution in [0, 0.1) is 0 Å². The number of amides is 1. The van der Waals surface area contributed by atoms with E-state index in [1.165, 1.54) is 5.75 Å². The second-order valence-corrected chi connectivity index (χ2v) is 7.41. The van der Waals surface area contributed by atoms with Gasteiger partial charge in [-0.05, 0) is 32.4 Å². The van der Waals surface area contributed by atoms with Crippen LogP contribution in [0.2, 0.25) is 0 Å². The van der Waals surface area contributed by atoms with E-state index in [9.17, 15) is 4.79 Å². The number of nitrogens with zero attached hydrogens (tertiary/aromatic N) is 1. The lowest BCUT2D eigenvalue weighted by molar-refractivity contribution is -0.133. The molecule has 3 nitrogen and oxygen atoms in total. The number of rotatable bonds is 4. The Bertz CT molecular complexity index is 264. The minimum atomic E-state index is 0.213. The fraction of sp³-hybridized carbons (Fsp3) is 0.923. The molecule has 2 rings (SSSR count). The first-order valence-corrected chi connectivity index (χ1v) is 9.23. The molecule has 2 saturated heterocycles. The summed E-state index contributed by atoms with van der Waals surface area (Å²) in [7, 11) is 0. The van der Waals surface area contributed by atoms with Crippen molar-refractivity contribution in [1.82, 2.24) is 10.2 Å². The third-order valence-electron chi connectivity index (χ3n) is 3.59. The lowest BCUT2D eigenvalue weighted by atomic mass is 10.0. The first-order valence-electron chi connectivity index (χ1n) is 7.03. The molecule has 18 heavy (non-hydrogen) atoms. The van der Waals surface area contributed by atoms with E-state index in [4.69, 9.17) is 0 Å². The molecular formula is C13H24N2OS2. The molecule has 2 fully saturated rings. The van der Waals surface area contributed by atoms with Crippen LogP contribution in [0.5, 0.6) is 0 Å².